The second-order valence-corrected chi connectivity index (χ2v) is 6.44. The molecule has 1 atom stereocenters. The van der Waals surface area contributed by atoms with Crippen molar-refractivity contribution in [1.29, 1.82) is 0 Å². The van der Waals surface area contributed by atoms with Crippen LogP contribution in [0, 0.1) is 5.92 Å². The minimum absolute atomic E-state index is 0.0319. The molecule has 21 heavy (non-hydrogen) atoms. The van der Waals surface area contributed by atoms with Crippen LogP contribution in [0.15, 0.2) is 0 Å². The molecule has 0 bridgehead atoms. The third kappa shape index (κ3) is 3.95. The fourth-order valence-electron chi connectivity index (χ4n) is 3.30. The van der Waals surface area contributed by atoms with E-state index >= 15 is 0 Å². The molecule has 0 heterocycles. The van der Waals surface area contributed by atoms with Crippen molar-refractivity contribution < 1.29 is 9.59 Å². The molecule has 0 saturated heterocycles. The minimum atomic E-state index is -0.401. The van der Waals surface area contributed by atoms with Crippen LogP contribution >= 0.6 is 0 Å². The first-order valence-electron chi connectivity index (χ1n) is 8.04. The van der Waals surface area contributed by atoms with Gasteiger partial charge in [0.15, 0.2) is 0 Å². The second-order valence-electron chi connectivity index (χ2n) is 6.44. The standard InChI is InChI=1S/C15H28N4O2/c1-19(12-3-2-4-12)15(21)14(17)10-5-7-11(8-6-10)18-13(20)9-16/h10-12,14H,2-9,16-17H2,1H3,(H,18,20)/t10?,11?,14-/m0/s1. The van der Waals surface area contributed by atoms with E-state index in [0.29, 0.717) is 6.04 Å². The largest absolute Gasteiger partial charge is 0.352 e. The molecule has 6 heteroatoms. The minimum Gasteiger partial charge on any atom is -0.352 e. The highest BCUT2D eigenvalue weighted by Gasteiger charge is 2.34. The highest BCUT2D eigenvalue weighted by molar-refractivity contribution is 5.82. The number of amides is 2. The molecule has 0 aromatic rings. The van der Waals surface area contributed by atoms with Crippen LogP contribution in [-0.4, -0.2) is 48.4 Å². The zero-order chi connectivity index (χ0) is 15.4. The lowest BCUT2D eigenvalue weighted by molar-refractivity contribution is -0.136. The number of rotatable bonds is 5. The van der Waals surface area contributed by atoms with Gasteiger partial charge in [0.2, 0.25) is 11.8 Å². The van der Waals surface area contributed by atoms with Gasteiger partial charge in [0, 0.05) is 19.1 Å². The first-order chi connectivity index (χ1) is 10.0. The molecule has 0 spiro atoms. The number of hydrogen-bond acceptors (Lipinski definition) is 4. The van der Waals surface area contributed by atoms with E-state index in [9.17, 15) is 9.59 Å². The number of hydrogen-bond donors (Lipinski definition) is 3. The van der Waals surface area contributed by atoms with Crippen molar-refractivity contribution in [3.63, 3.8) is 0 Å². The number of carbonyl (C=O) groups is 2. The van der Waals surface area contributed by atoms with E-state index in [1.807, 2.05) is 11.9 Å². The van der Waals surface area contributed by atoms with E-state index in [4.69, 9.17) is 11.5 Å². The van der Waals surface area contributed by atoms with Gasteiger partial charge in [0.25, 0.3) is 0 Å². The van der Waals surface area contributed by atoms with Crippen molar-refractivity contribution in [3.05, 3.63) is 0 Å². The average molecular weight is 296 g/mol. The molecule has 0 aromatic heterocycles. The van der Waals surface area contributed by atoms with Gasteiger partial charge in [-0.15, -0.1) is 0 Å². The molecule has 0 radical (unpaired) electrons. The van der Waals surface area contributed by atoms with Crippen LogP contribution in [0.5, 0.6) is 0 Å². The van der Waals surface area contributed by atoms with Crippen molar-refractivity contribution in [2.45, 2.75) is 63.1 Å². The van der Waals surface area contributed by atoms with Gasteiger partial charge in [-0.2, -0.15) is 0 Å². The molecule has 2 fully saturated rings. The number of nitrogens with one attached hydrogen (secondary N) is 1. The van der Waals surface area contributed by atoms with Crippen LogP contribution in [0.1, 0.15) is 44.9 Å². The number of nitrogens with zero attached hydrogens (tertiary/aromatic N) is 1. The average Bonchev–Trinajstić information content (AvgIpc) is 2.44. The summed E-state index contributed by atoms with van der Waals surface area (Å²) in [6, 6.07) is 0.175. The van der Waals surface area contributed by atoms with Gasteiger partial charge >= 0.3 is 0 Å². The molecule has 6 nitrogen and oxygen atoms in total. The Morgan fingerprint density at radius 3 is 2.29 bits per heavy atom. The Bertz CT molecular complexity index is 376. The Hall–Kier alpha value is -1.14. The predicted octanol–water partition coefficient (Wildman–Crippen LogP) is -0.0417. The van der Waals surface area contributed by atoms with E-state index in [0.717, 1.165) is 38.5 Å². The van der Waals surface area contributed by atoms with Crippen LogP contribution in [0.3, 0.4) is 0 Å². The smallest absolute Gasteiger partial charge is 0.239 e. The van der Waals surface area contributed by atoms with Crippen molar-refractivity contribution in [2.75, 3.05) is 13.6 Å². The van der Waals surface area contributed by atoms with Crippen molar-refractivity contribution >= 4 is 11.8 Å². The molecular formula is C15H28N4O2. The monoisotopic (exact) mass is 296 g/mol. The topological polar surface area (TPSA) is 101 Å². The lowest BCUT2D eigenvalue weighted by Gasteiger charge is -2.38. The number of nitrogens with two attached hydrogens (primary N) is 2. The van der Waals surface area contributed by atoms with Crippen molar-refractivity contribution in [2.24, 2.45) is 17.4 Å². The third-order valence-corrected chi connectivity index (χ3v) is 5.09. The van der Waals surface area contributed by atoms with Crippen molar-refractivity contribution in [3.8, 4) is 0 Å². The maximum absolute atomic E-state index is 12.4. The number of likely N-dealkylation sites (N-methyl/N-ethyl adjacent to an activating group) is 1. The van der Waals surface area contributed by atoms with Gasteiger partial charge in [-0.1, -0.05) is 0 Å². The summed E-state index contributed by atoms with van der Waals surface area (Å²) in [7, 11) is 1.87. The molecule has 2 aliphatic rings. The molecule has 2 amide bonds. The second kappa shape index (κ2) is 7.22. The molecule has 0 aromatic carbocycles. The molecule has 0 unspecified atom stereocenters. The van der Waals surface area contributed by atoms with Crippen LogP contribution < -0.4 is 16.8 Å². The van der Waals surface area contributed by atoms with Gasteiger partial charge in [-0.3, -0.25) is 9.59 Å². The molecule has 2 saturated carbocycles. The molecule has 5 N–H and O–H groups in total. The Morgan fingerprint density at radius 1 is 1.19 bits per heavy atom. The molecule has 2 aliphatic carbocycles. The summed E-state index contributed by atoms with van der Waals surface area (Å²) in [6.07, 6.45) is 6.96. The molecule has 2 rings (SSSR count). The summed E-state index contributed by atoms with van der Waals surface area (Å²) in [5.41, 5.74) is 11.5. The molecule has 120 valence electrons. The maximum atomic E-state index is 12.4. The zero-order valence-electron chi connectivity index (χ0n) is 12.9. The molecule has 0 aliphatic heterocycles. The van der Waals surface area contributed by atoms with Gasteiger partial charge in [-0.05, 0) is 50.9 Å². The zero-order valence-corrected chi connectivity index (χ0v) is 12.9. The fraction of sp³-hybridized carbons (Fsp3) is 0.867. The Kier molecular flexibility index (Phi) is 5.58. The van der Waals surface area contributed by atoms with E-state index < -0.39 is 6.04 Å². The van der Waals surface area contributed by atoms with Gasteiger partial charge in [-0.25, -0.2) is 0 Å². The van der Waals surface area contributed by atoms with E-state index in [1.165, 1.54) is 6.42 Å². The van der Waals surface area contributed by atoms with E-state index in [-0.39, 0.29) is 30.3 Å². The number of carbonyl (C=O) groups excluding carboxylic acids is 2. The summed E-state index contributed by atoms with van der Waals surface area (Å²) < 4.78 is 0. The summed E-state index contributed by atoms with van der Waals surface area (Å²) in [6.45, 7) is 0.0319. The van der Waals surface area contributed by atoms with Crippen LogP contribution in [0.25, 0.3) is 0 Å². The fourth-order valence-corrected chi connectivity index (χ4v) is 3.30. The normalized spacial score (nSPS) is 27.6. The summed E-state index contributed by atoms with van der Waals surface area (Å²) in [5.74, 6) is 0.198. The summed E-state index contributed by atoms with van der Waals surface area (Å²) in [5, 5.41) is 2.92. The Balaban J connectivity index is 1.78. The quantitative estimate of drug-likeness (QED) is 0.662. The molecular weight excluding hydrogens is 268 g/mol. The SMILES string of the molecule is CN(C(=O)[C@@H](N)C1CCC(NC(=O)CN)CC1)C1CCC1. The van der Waals surface area contributed by atoms with Gasteiger partial charge in [0.05, 0.1) is 12.6 Å². The van der Waals surface area contributed by atoms with Crippen LogP contribution in [0.4, 0.5) is 0 Å². The summed E-state index contributed by atoms with van der Waals surface area (Å²) >= 11 is 0. The Labute approximate surface area is 126 Å². The Morgan fingerprint density at radius 2 is 1.81 bits per heavy atom. The highest BCUT2D eigenvalue weighted by Crippen LogP contribution is 2.29. The first-order valence-corrected chi connectivity index (χ1v) is 8.04. The highest BCUT2D eigenvalue weighted by atomic mass is 16.2. The van der Waals surface area contributed by atoms with Crippen molar-refractivity contribution in [1.82, 2.24) is 10.2 Å². The van der Waals surface area contributed by atoms with Gasteiger partial charge in [0.1, 0.15) is 0 Å². The lowest BCUT2D eigenvalue weighted by atomic mass is 9.81. The lowest BCUT2D eigenvalue weighted by Crippen LogP contribution is -2.52. The third-order valence-electron chi connectivity index (χ3n) is 5.09. The van der Waals surface area contributed by atoms with E-state index in [1.54, 1.807) is 0 Å². The van der Waals surface area contributed by atoms with E-state index in [2.05, 4.69) is 5.32 Å². The maximum Gasteiger partial charge on any atom is 0.239 e. The van der Waals surface area contributed by atoms with Gasteiger partial charge < -0.3 is 21.7 Å². The first kappa shape index (κ1) is 16.2. The predicted molar refractivity (Wildman–Crippen MR) is 81.3 cm³/mol. The van der Waals surface area contributed by atoms with Crippen LogP contribution in [-0.2, 0) is 9.59 Å². The summed E-state index contributed by atoms with van der Waals surface area (Å²) in [4.78, 5) is 25.5. The van der Waals surface area contributed by atoms with Crippen LogP contribution in [0.2, 0.25) is 0 Å².